The highest BCUT2D eigenvalue weighted by atomic mass is 16.5. The predicted molar refractivity (Wildman–Crippen MR) is 88.9 cm³/mol. The number of aliphatic hydroxyl groups is 1. The number of nitrogens with zero attached hydrogens (tertiary/aromatic N) is 2. The summed E-state index contributed by atoms with van der Waals surface area (Å²) in [6.07, 6.45) is 1.43. The molecule has 1 saturated heterocycles. The van der Waals surface area contributed by atoms with E-state index in [2.05, 4.69) is 15.6 Å². The molecule has 3 N–H and O–H groups in total. The zero-order valence-electron chi connectivity index (χ0n) is 14.2. The van der Waals surface area contributed by atoms with Crippen molar-refractivity contribution in [2.75, 3.05) is 38.2 Å². The van der Waals surface area contributed by atoms with Gasteiger partial charge in [0.05, 0.1) is 26.3 Å². The van der Waals surface area contributed by atoms with E-state index >= 15 is 0 Å². The van der Waals surface area contributed by atoms with Crippen molar-refractivity contribution in [2.24, 2.45) is 0 Å². The number of hydrogen-bond acceptors (Lipinski definition) is 6. The van der Waals surface area contributed by atoms with Crippen LogP contribution in [0, 0.1) is 0 Å². The molecule has 2 rings (SSSR count). The molecule has 9 heteroatoms. The van der Waals surface area contributed by atoms with E-state index < -0.39 is 5.60 Å². The van der Waals surface area contributed by atoms with Gasteiger partial charge in [0.25, 0.3) is 5.91 Å². The van der Waals surface area contributed by atoms with Crippen LogP contribution in [0.2, 0.25) is 0 Å². The van der Waals surface area contributed by atoms with E-state index in [1.807, 2.05) is 0 Å². The van der Waals surface area contributed by atoms with Gasteiger partial charge in [0.15, 0.2) is 0 Å². The van der Waals surface area contributed by atoms with Gasteiger partial charge in [-0.15, -0.1) is 0 Å². The molecule has 3 amide bonds. The lowest BCUT2D eigenvalue weighted by atomic mass is 10.0. The molecule has 2 heterocycles. The maximum Gasteiger partial charge on any atom is 0.254 e. The van der Waals surface area contributed by atoms with E-state index in [1.165, 1.54) is 37.1 Å². The first kappa shape index (κ1) is 18.8. The normalized spacial score (nSPS) is 20.5. The van der Waals surface area contributed by atoms with E-state index in [0.717, 1.165) is 0 Å². The number of ether oxygens (including phenoxy) is 1. The van der Waals surface area contributed by atoms with Crippen LogP contribution in [0.4, 0.5) is 5.82 Å². The zero-order chi connectivity index (χ0) is 18.4. The van der Waals surface area contributed by atoms with Crippen LogP contribution in [0.3, 0.4) is 0 Å². The van der Waals surface area contributed by atoms with E-state index in [4.69, 9.17) is 4.74 Å². The third kappa shape index (κ3) is 5.50. The van der Waals surface area contributed by atoms with Crippen LogP contribution in [-0.2, 0) is 14.3 Å². The second-order valence-electron chi connectivity index (χ2n) is 6.02. The van der Waals surface area contributed by atoms with Crippen molar-refractivity contribution in [3.8, 4) is 0 Å². The quantitative estimate of drug-likeness (QED) is 0.665. The summed E-state index contributed by atoms with van der Waals surface area (Å²) >= 11 is 0. The molecular formula is C16H22N4O5. The summed E-state index contributed by atoms with van der Waals surface area (Å²) in [5.41, 5.74) is -1.03. The van der Waals surface area contributed by atoms with Gasteiger partial charge < -0.3 is 25.4 Å². The van der Waals surface area contributed by atoms with Gasteiger partial charge in [-0.05, 0) is 12.1 Å². The maximum absolute atomic E-state index is 12.7. The molecule has 0 radical (unpaired) electrons. The van der Waals surface area contributed by atoms with Crippen molar-refractivity contribution in [1.82, 2.24) is 15.2 Å². The molecule has 0 aliphatic carbocycles. The van der Waals surface area contributed by atoms with Crippen LogP contribution in [0.5, 0.6) is 0 Å². The van der Waals surface area contributed by atoms with Crippen molar-refractivity contribution < 1.29 is 24.2 Å². The van der Waals surface area contributed by atoms with Gasteiger partial charge in [0.2, 0.25) is 11.8 Å². The van der Waals surface area contributed by atoms with Crippen LogP contribution < -0.4 is 10.6 Å². The summed E-state index contributed by atoms with van der Waals surface area (Å²) < 4.78 is 5.37. The van der Waals surface area contributed by atoms with Crippen LogP contribution in [0.1, 0.15) is 24.2 Å². The van der Waals surface area contributed by atoms with Gasteiger partial charge in [-0.25, -0.2) is 4.98 Å². The second kappa shape index (κ2) is 8.04. The van der Waals surface area contributed by atoms with Crippen molar-refractivity contribution in [3.63, 3.8) is 0 Å². The number of β-amino-alcohol motifs (C(OH)–C–C–N with tert-alkyl or cyclic N) is 1. The van der Waals surface area contributed by atoms with Gasteiger partial charge in [0.1, 0.15) is 11.4 Å². The van der Waals surface area contributed by atoms with Crippen LogP contribution in [0.15, 0.2) is 18.3 Å². The summed E-state index contributed by atoms with van der Waals surface area (Å²) in [6.45, 7) is 3.31. The molecular weight excluding hydrogens is 328 g/mol. The summed E-state index contributed by atoms with van der Waals surface area (Å²) in [4.78, 5) is 40.4. The highest BCUT2D eigenvalue weighted by Crippen LogP contribution is 2.16. The van der Waals surface area contributed by atoms with Crippen LogP contribution in [0.25, 0.3) is 0 Å². The van der Waals surface area contributed by atoms with E-state index in [9.17, 15) is 19.5 Å². The molecule has 1 aliphatic heterocycles. The molecule has 0 spiro atoms. The topological polar surface area (TPSA) is 121 Å². The lowest BCUT2D eigenvalue weighted by molar-refractivity contribution is -0.121. The molecule has 0 saturated carbocycles. The zero-order valence-corrected chi connectivity index (χ0v) is 14.2. The van der Waals surface area contributed by atoms with Gasteiger partial charge in [-0.2, -0.15) is 0 Å². The van der Waals surface area contributed by atoms with Crippen molar-refractivity contribution in [3.05, 3.63) is 23.9 Å². The van der Waals surface area contributed by atoms with E-state index in [1.54, 1.807) is 0 Å². The smallest absolute Gasteiger partial charge is 0.254 e. The number of rotatable bonds is 4. The summed E-state index contributed by atoms with van der Waals surface area (Å²) in [6, 6.07) is 3.01. The Kier molecular flexibility index (Phi) is 6.05. The minimum absolute atomic E-state index is 0.0143. The molecule has 9 nitrogen and oxygen atoms in total. The number of aromatic nitrogens is 1. The lowest BCUT2D eigenvalue weighted by Gasteiger charge is -2.30. The maximum atomic E-state index is 12.7. The molecule has 1 aromatic heterocycles. The Morgan fingerprint density at radius 2 is 2.12 bits per heavy atom. The molecule has 1 atom stereocenters. The van der Waals surface area contributed by atoms with Crippen molar-refractivity contribution >= 4 is 23.5 Å². The Bertz CT molecular complexity index is 666. The van der Waals surface area contributed by atoms with E-state index in [-0.39, 0.29) is 49.8 Å². The lowest BCUT2D eigenvalue weighted by Crippen LogP contribution is -2.53. The highest BCUT2D eigenvalue weighted by molar-refractivity contribution is 5.96. The number of carbonyl (C=O) groups is 3. The SMILES string of the molecule is CC(=O)NCC1(O)COCCN(C(=O)c2ccnc(NC(C)=O)c2)C1. The summed E-state index contributed by atoms with van der Waals surface area (Å²) in [5.74, 6) is -0.603. The first-order valence-electron chi connectivity index (χ1n) is 7.86. The van der Waals surface area contributed by atoms with Gasteiger partial charge in [0, 0.05) is 32.2 Å². The van der Waals surface area contributed by atoms with Crippen molar-refractivity contribution in [2.45, 2.75) is 19.4 Å². The fourth-order valence-electron chi connectivity index (χ4n) is 2.48. The molecule has 136 valence electrons. The van der Waals surface area contributed by atoms with Crippen LogP contribution in [-0.4, -0.2) is 71.2 Å². The number of nitrogens with one attached hydrogen (secondary N) is 2. The Morgan fingerprint density at radius 3 is 2.80 bits per heavy atom. The molecule has 1 aromatic rings. The van der Waals surface area contributed by atoms with Gasteiger partial charge in [-0.1, -0.05) is 0 Å². The Labute approximate surface area is 145 Å². The first-order valence-corrected chi connectivity index (χ1v) is 7.86. The minimum atomic E-state index is -1.37. The monoisotopic (exact) mass is 350 g/mol. The molecule has 0 aromatic carbocycles. The van der Waals surface area contributed by atoms with Gasteiger partial charge >= 0.3 is 0 Å². The highest BCUT2D eigenvalue weighted by Gasteiger charge is 2.35. The molecule has 1 unspecified atom stereocenters. The Morgan fingerprint density at radius 1 is 1.36 bits per heavy atom. The minimum Gasteiger partial charge on any atom is -0.384 e. The third-order valence-electron chi connectivity index (χ3n) is 3.63. The standard InChI is InChI=1S/C16H22N4O5/c1-11(21)18-8-16(24)9-20(5-6-25-10-16)15(23)13-3-4-17-14(7-13)19-12(2)22/h3-4,7,24H,5-6,8-10H2,1-2H3,(H,18,21)(H,17,19,22). The Balaban J connectivity index is 2.14. The first-order chi connectivity index (χ1) is 11.8. The molecule has 0 bridgehead atoms. The Hall–Kier alpha value is -2.52. The van der Waals surface area contributed by atoms with Crippen LogP contribution >= 0.6 is 0 Å². The number of amides is 3. The summed E-state index contributed by atoms with van der Waals surface area (Å²) in [7, 11) is 0. The van der Waals surface area contributed by atoms with Crippen molar-refractivity contribution in [1.29, 1.82) is 0 Å². The number of anilines is 1. The fourth-order valence-corrected chi connectivity index (χ4v) is 2.48. The average molecular weight is 350 g/mol. The number of pyridine rings is 1. The second-order valence-corrected chi connectivity index (χ2v) is 6.02. The van der Waals surface area contributed by atoms with E-state index in [0.29, 0.717) is 12.1 Å². The largest absolute Gasteiger partial charge is 0.384 e. The molecule has 1 aliphatic rings. The predicted octanol–water partition coefficient (Wildman–Crippen LogP) is -0.620. The number of hydrogen-bond donors (Lipinski definition) is 3. The van der Waals surface area contributed by atoms with Gasteiger partial charge in [-0.3, -0.25) is 14.4 Å². The summed E-state index contributed by atoms with van der Waals surface area (Å²) in [5, 5.41) is 15.7. The molecule has 1 fully saturated rings. The number of carbonyl (C=O) groups excluding carboxylic acids is 3. The average Bonchev–Trinajstić information content (AvgIpc) is 2.74. The third-order valence-corrected chi connectivity index (χ3v) is 3.63. The molecule has 25 heavy (non-hydrogen) atoms. The fraction of sp³-hybridized carbons (Fsp3) is 0.500.